The van der Waals surface area contributed by atoms with E-state index in [1.54, 1.807) is 49.4 Å². The molecule has 0 radical (unpaired) electrons. The number of nitrogens with zero attached hydrogens (tertiary/aromatic N) is 1. The molecule has 0 unspecified atom stereocenters. The first-order chi connectivity index (χ1) is 16.8. The maximum atomic E-state index is 13.2. The number of methoxy groups -OCH3 is 1. The van der Waals surface area contributed by atoms with Gasteiger partial charge in [0.05, 0.1) is 12.8 Å². The summed E-state index contributed by atoms with van der Waals surface area (Å²) in [5.41, 5.74) is 1.85. The number of amides is 4. The molecular formula is C26H20ClFN2O5. The summed E-state index contributed by atoms with van der Waals surface area (Å²) in [4.78, 5) is 39.1. The summed E-state index contributed by atoms with van der Waals surface area (Å²) in [5, 5.41) is 2.56. The van der Waals surface area contributed by atoms with Crippen LogP contribution in [0.15, 0.2) is 66.2 Å². The predicted octanol–water partition coefficient (Wildman–Crippen LogP) is 5.04. The summed E-state index contributed by atoms with van der Waals surface area (Å²) in [6.45, 7) is 1.90. The average molecular weight is 495 g/mol. The highest BCUT2D eigenvalue weighted by Gasteiger charge is 2.37. The lowest BCUT2D eigenvalue weighted by atomic mass is 10.1. The zero-order valence-corrected chi connectivity index (χ0v) is 19.6. The van der Waals surface area contributed by atoms with Gasteiger partial charge in [0.25, 0.3) is 11.8 Å². The third kappa shape index (κ3) is 5.17. The van der Waals surface area contributed by atoms with Gasteiger partial charge >= 0.3 is 6.03 Å². The van der Waals surface area contributed by atoms with E-state index < -0.39 is 17.8 Å². The van der Waals surface area contributed by atoms with Crippen LogP contribution in [0.5, 0.6) is 11.5 Å². The zero-order valence-electron chi connectivity index (χ0n) is 18.8. The van der Waals surface area contributed by atoms with Crippen molar-refractivity contribution in [2.75, 3.05) is 12.0 Å². The second-order valence-electron chi connectivity index (χ2n) is 7.71. The number of nitrogens with one attached hydrogen (secondary N) is 1. The van der Waals surface area contributed by atoms with Crippen LogP contribution < -0.4 is 19.7 Å². The lowest BCUT2D eigenvalue weighted by Gasteiger charge is -2.26. The molecule has 1 aliphatic rings. The van der Waals surface area contributed by atoms with Crippen molar-refractivity contribution in [3.8, 4) is 11.5 Å². The molecule has 178 valence electrons. The van der Waals surface area contributed by atoms with Gasteiger partial charge in [-0.1, -0.05) is 29.8 Å². The van der Waals surface area contributed by atoms with Gasteiger partial charge in [-0.05, 0) is 60.5 Å². The Hall–Kier alpha value is -4.17. The normalized spacial score (nSPS) is 14.8. The highest BCUT2D eigenvalue weighted by atomic mass is 35.5. The molecule has 7 nitrogen and oxygen atoms in total. The molecule has 3 aromatic carbocycles. The quantitative estimate of drug-likeness (QED) is 0.383. The minimum atomic E-state index is -0.875. The molecule has 1 saturated heterocycles. The van der Waals surface area contributed by atoms with Crippen molar-refractivity contribution < 1.29 is 28.2 Å². The van der Waals surface area contributed by atoms with Crippen LogP contribution in [0.2, 0.25) is 5.02 Å². The third-order valence-corrected chi connectivity index (χ3v) is 5.75. The summed E-state index contributed by atoms with van der Waals surface area (Å²) < 4.78 is 24.3. The van der Waals surface area contributed by atoms with Gasteiger partial charge in [-0.25, -0.2) is 14.1 Å². The topological polar surface area (TPSA) is 84.9 Å². The van der Waals surface area contributed by atoms with Gasteiger partial charge in [-0.15, -0.1) is 0 Å². The van der Waals surface area contributed by atoms with E-state index in [9.17, 15) is 18.8 Å². The number of carbonyl (C=O) groups excluding carboxylic acids is 3. The predicted molar refractivity (Wildman–Crippen MR) is 129 cm³/mol. The molecule has 1 aliphatic heterocycles. The molecule has 1 fully saturated rings. The zero-order chi connectivity index (χ0) is 25.1. The van der Waals surface area contributed by atoms with E-state index in [0.29, 0.717) is 27.6 Å². The second-order valence-corrected chi connectivity index (χ2v) is 8.12. The number of benzene rings is 3. The number of ether oxygens (including phenoxy) is 2. The summed E-state index contributed by atoms with van der Waals surface area (Å²) in [7, 11) is 1.49. The SMILES string of the molecule is COc1ccc(/C=C2\C(=O)NC(=O)N(c3ccc(C)c(Cl)c3)C2=O)c(OCc2ccc(F)cc2)c1. The maximum Gasteiger partial charge on any atom is 0.335 e. The lowest BCUT2D eigenvalue weighted by molar-refractivity contribution is -0.122. The van der Waals surface area contributed by atoms with Crippen molar-refractivity contribution in [3.05, 3.63) is 93.8 Å². The van der Waals surface area contributed by atoms with E-state index in [1.807, 2.05) is 0 Å². The van der Waals surface area contributed by atoms with E-state index in [0.717, 1.165) is 10.5 Å². The Balaban J connectivity index is 1.68. The van der Waals surface area contributed by atoms with Gasteiger partial charge in [-0.2, -0.15) is 0 Å². The Labute approximate surface area is 205 Å². The van der Waals surface area contributed by atoms with E-state index in [-0.39, 0.29) is 23.7 Å². The number of urea groups is 1. The summed E-state index contributed by atoms with van der Waals surface area (Å²) in [6, 6.07) is 14.5. The van der Waals surface area contributed by atoms with Crippen molar-refractivity contribution in [3.63, 3.8) is 0 Å². The lowest BCUT2D eigenvalue weighted by Crippen LogP contribution is -2.54. The Morgan fingerprint density at radius 3 is 2.46 bits per heavy atom. The summed E-state index contributed by atoms with van der Waals surface area (Å²) >= 11 is 6.17. The van der Waals surface area contributed by atoms with E-state index in [4.69, 9.17) is 21.1 Å². The van der Waals surface area contributed by atoms with E-state index in [2.05, 4.69) is 5.32 Å². The van der Waals surface area contributed by atoms with Crippen LogP contribution in [0.3, 0.4) is 0 Å². The van der Waals surface area contributed by atoms with Crippen LogP contribution in [0, 0.1) is 12.7 Å². The van der Waals surface area contributed by atoms with Crippen LogP contribution in [0.25, 0.3) is 6.08 Å². The fourth-order valence-electron chi connectivity index (χ4n) is 3.40. The highest BCUT2D eigenvalue weighted by molar-refractivity contribution is 6.39. The Morgan fingerprint density at radius 2 is 1.77 bits per heavy atom. The number of barbiturate groups is 1. The number of hydrogen-bond acceptors (Lipinski definition) is 5. The van der Waals surface area contributed by atoms with E-state index in [1.165, 1.54) is 31.4 Å². The molecule has 1 heterocycles. The third-order valence-electron chi connectivity index (χ3n) is 5.34. The van der Waals surface area contributed by atoms with Crippen molar-refractivity contribution in [2.24, 2.45) is 0 Å². The molecule has 3 aromatic rings. The van der Waals surface area contributed by atoms with Gasteiger partial charge < -0.3 is 9.47 Å². The monoisotopic (exact) mass is 494 g/mol. The van der Waals surface area contributed by atoms with Crippen LogP contribution >= 0.6 is 11.6 Å². The number of halogens is 2. The number of carbonyl (C=O) groups is 3. The molecule has 0 bridgehead atoms. The van der Waals surface area contributed by atoms with Crippen molar-refractivity contribution in [2.45, 2.75) is 13.5 Å². The van der Waals surface area contributed by atoms with Gasteiger partial charge in [0, 0.05) is 16.7 Å². The van der Waals surface area contributed by atoms with E-state index >= 15 is 0 Å². The molecule has 0 aromatic heterocycles. The first kappa shape index (κ1) is 24.0. The minimum Gasteiger partial charge on any atom is -0.497 e. The number of hydrogen-bond donors (Lipinski definition) is 1. The van der Waals surface area contributed by atoms with Gasteiger partial charge in [0.2, 0.25) is 0 Å². The molecule has 4 rings (SSSR count). The van der Waals surface area contributed by atoms with Crippen LogP contribution in [0.4, 0.5) is 14.9 Å². The fraction of sp³-hybridized carbons (Fsp3) is 0.115. The van der Waals surface area contributed by atoms with Crippen LogP contribution in [-0.4, -0.2) is 25.0 Å². The van der Waals surface area contributed by atoms with Crippen molar-refractivity contribution in [1.82, 2.24) is 5.32 Å². The minimum absolute atomic E-state index is 0.107. The largest absolute Gasteiger partial charge is 0.497 e. The average Bonchev–Trinajstić information content (AvgIpc) is 2.84. The van der Waals surface area contributed by atoms with Crippen molar-refractivity contribution in [1.29, 1.82) is 0 Å². The Bertz CT molecular complexity index is 1350. The van der Waals surface area contributed by atoms with Crippen molar-refractivity contribution >= 4 is 41.2 Å². The molecule has 1 N–H and O–H groups in total. The number of rotatable bonds is 6. The number of aryl methyl sites for hydroxylation is 1. The Kier molecular flexibility index (Phi) is 6.84. The number of anilines is 1. The van der Waals surface area contributed by atoms with Crippen LogP contribution in [0.1, 0.15) is 16.7 Å². The van der Waals surface area contributed by atoms with Gasteiger partial charge in [0.15, 0.2) is 0 Å². The number of imide groups is 2. The molecule has 0 saturated carbocycles. The van der Waals surface area contributed by atoms with Gasteiger partial charge in [0.1, 0.15) is 29.5 Å². The molecule has 0 aliphatic carbocycles. The summed E-state index contributed by atoms with van der Waals surface area (Å²) in [5.74, 6) is -1.19. The van der Waals surface area contributed by atoms with Gasteiger partial charge in [-0.3, -0.25) is 14.9 Å². The first-order valence-corrected chi connectivity index (χ1v) is 10.9. The molecular weight excluding hydrogens is 475 g/mol. The first-order valence-electron chi connectivity index (χ1n) is 10.5. The second kappa shape index (κ2) is 9.99. The standard InChI is InChI=1S/C26H20ClFN2O5/c1-15-3-9-19(12-22(15)27)30-25(32)21(24(31)29-26(30)33)11-17-6-10-20(34-2)13-23(17)35-14-16-4-7-18(28)8-5-16/h3-13H,14H2,1-2H3,(H,29,31,33)/b21-11+. The fourth-order valence-corrected chi connectivity index (χ4v) is 3.57. The molecule has 0 atom stereocenters. The maximum absolute atomic E-state index is 13.2. The molecule has 4 amide bonds. The Morgan fingerprint density at radius 1 is 1.03 bits per heavy atom. The molecule has 9 heteroatoms. The molecule has 0 spiro atoms. The smallest absolute Gasteiger partial charge is 0.335 e. The molecule has 35 heavy (non-hydrogen) atoms. The highest BCUT2D eigenvalue weighted by Crippen LogP contribution is 2.30. The van der Waals surface area contributed by atoms with Crippen LogP contribution in [-0.2, 0) is 16.2 Å². The summed E-state index contributed by atoms with van der Waals surface area (Å²) in [6.07, 6.45) is 1.34.